The van der Waals surface area contributed by atoms with Crippen LogP contribution in [0.4, 0.5) is 0 Å². The monoisotopic (exact) mass is 271 g/mol. The minimum atomic E-state index is 0.939. The third kappa shape index (κ3) is 3.21. The van der Waals surface area contributed by atoms with Crippen molar-refractivity contribution in [2.45, 2.75) is 45.6 Å². The lowest BCUT2D eigenvalue weighted by Gasteiger charge is -2.26. The summed E-state index contributed by atoms with van der Waals surface area (Å²) in [4.78, 5) is 7.56. The molecule has 0 radical (unpaired) electrons. The van der Waals surface area contributed by atoms with Crippen LogP contribution in [0.25, 0.3) is 11.0 Å². The first kappa shape index (κ1) is 13.6. The van der Waals surface area contributed by atoms with Gasteiger partial charge in [0.05, 0.1) is 0 Å². The number of rotatable bonds is 5. The summed E-state index contributed by atoms with van der Waals surface area (Å²) in [6.45, 7) is 4.46. The predicted octanol–water partition coefficient (Wildman–Crippen LogP) is 3.87. The number of hydrogen-bond donors (Lipinski definition) is 2. The molecule has 0 aromatic carbocycles. The molecule has 2 heterocycles. The lowest BCUT2D eigenvalue weighted by Crippen LogP contribution is -2.20. The van der Waals surface area contributed by atoms with Crippen LogP contribution in [0, 0.1) is 11.8 Å². The quantitative estimate of drug-likeness (QED) is 0.810. The summed E-state index contributed by atoms with van der Waals surface area (Å²) in [5.74, 6) is 1.90. The Balaban J connectivity index is 1.44. The Morgan fingerprint density at radius 2 is 2.15 bits per heavy atom. The van der Waals surface area contributed by atoms with Crippen LogP contribution in [-0.4, -0.2) is 16.5 Å². The van der Waals surface area contributed by atoms with Crippen molar-refractivity contribution in [3.63, 3.8) is 0 Å². The van der Waals surface area contributed by atoms with Gasteiger partial charge in [-0.2, -0.15) is 0 Å². The Morgan fingerprint density at radius 3 is 3.00 bits per heavy atom. The van der Waals surface area contributed by atoms with Crippen molar-refractivity contribution in [1.29, 1.82) is 0 Å². The fourth-order valence-corrected chi connectivity index (χ4v) is 3.31. The maximum Gasteiger partial charge on any atom is 0.137 e. The van der Waals surface area contributed by atoms with E-state index in [9.17, 15) is 0 Å². The Hall–Kier alpha value is -1.35. The van der Waals surface area contributed by atoms with Crippen LogP contribution in [0.3, 0.4) is 0 Å². The van der Waals surface area contributed by atoms with Crippen LogP contribution in [-0.2, 0) is 6.54 Å². The Morgan fingerprint density at radius 1 is 1.30 bits per heavy atom. The number of nitrogens with one attached hydrogen (secondary N) is 2. The van der Waals surface area contributed by atoms with E-state index < -0.39 is 0 Å². The average molecular weight is 271 g/mol. The predicted molar refractivity (Wildman–Crippen MR) is 83.5 cm³/mol. The van der Waals surface area contributed by atoms with Crippen molar-refractivity contribution in [2.75, 3.05) is 6.54 Å². The second-order valence-corrected chi connectivity index (χ2v) is 6.30. The van der Waals surface area contributed by atoms with Gasteiger partial charge in [-0.05, 0) is 42.5 Å². The fraction of sp³-hybridized carbons (Fsp3) is 0.588. The summed E-state index contributed by atoms with van der Waals surface area (Å²) in [7, 11) is 0. The van der Waals surface area contributed by atoms with E-state index in [1.165, 1.54) is 43.1 Å². The van der Waals surface area contributed by atoms with Gasteiger partial charge in [-0.1, -0.05) is 32.6 Å². The summed E-state index contributed by atoms with van der Waals surface area (Å²) in [5.41, 5.74) is 2.32. The lowest BCUT2D eigenvalue weighted by molar-refractivity contribution is 0.275. The van der Waals surface area contributed by atoms with Crippen LogP contribution in [0.5, 0.6) is 0 Å². The molecule has 0 spiro atoms. The summed E-state index contributed by atoms with van der Waals surface area (Å²) >= 11 is 0. The van der Waals surface area contributed by atoms with Crippen molar-refractivity contribution in [3.05, 3.63) is 30.1 Å². The van der Waals surface area contributed by atoms with Gasteiger partial charge in [0.25, 0.3) is 0 Å². The number of aromatic nitrogens is 2. The molecule has 0 aliphatic heterocycles. The first-order valence-corrected chi connectivity index (χ1v) is 7.94. The van der Waals surface area contributed by atoms with Crippen LogP contribution < -0.4 is 5.32 Å². The van der Waals surface area contributed by atoms with Gasteiger partial charge < -0.3 is 10.3 Å². The van der Waals surface area contributed by atoms with Crippen LogP contribution >= 0.6 is 0 Å². The molecule has 3 rings (SSSR count). The highest BCUT2D eigenvalue weighted by atomic mass is 14.9. The lowest BCUT2D eigenvalue weighted by atomic mass is 9.81. The molecular formula is C17H25N3. The van der Waals surface area contributed by atoms with Gasteiger partial charge in [-0.15, -0.1) is 0 Å². The van der Waals surface area contributed by atoms with Crippen LogP contribution in [0.1, 0.15) is 44.6 Å². The third-order valence-corrected chi connectivity index (χ3v) is 4.72. The fourth-order valence-electron chi connectivity index (χ4n) is 3.31. The van der Waals surface area contributed by atoms with E-state index >= 15 is 0 Å². The molecule has 1 saturated carbocycles. The third-order valence-electron chi connectivity index (χ3n) is 4.72. The highest BCUT2D eigenvalue weighted by Crippen LogP contribution is 2.29. The van der Waals surface area contributed by atoms with Gasteiger partial charge >= 0.3 is 0 Å². The molecule has 1 aliphatic carbocycles. The number of fused-ring (bicyclic) bond motifs is 1. The number of nitrogens with zero attached hydrogens (tertiary/aromatic N) is 1. The largest absolute Gasteiger partial charge is 0.346 e. The van der Waals surface area contributed by atoms with Crippen molar-refractivity contribution >= 4 is 11.0 Å². The van der Waals surface area contributed by atoms with E-state index in [1.54, 1.807) is 0 Å². The second-order valence-electron chi connectivity index (χ2n) is 6.30. The molecular weight excluding hydrogens is 246 g/mol. The Bertz CT molecular complexity index is 538. The zero-order chi connectivity index (χ0) is 13.8. The summed E-state index contributed by atoms with van der Waals surface area (Å²) < 4.78 is 0. The zero-order valence-corrected chi connectivity index (χ0v) is 12.4. The highest BCUT2D eigenvalue weighted by molar-refractivity contribution is 5.79. The second kappa shape index (κ2) is 6.40. The molecule has 2 N–H and O–H groups in total. The molecule has 0 atom stereocenters. The topological polar surface area (TPSA) is 40.7 Å². The van der Waals surface area contributed by atoms with E-state index in [4.69, 9.17) is 0 Å². The van der Waals surface area contributed by atoms with Crippen molar-refractivity contribution in [1.82, 2.24) is 15.3 Å². The molecule has 3 heteroatoms. The molecule has 1 fully saturated rings. The van der Waals surface area contributed by atoms with Gasteiger partial charge in [0.2, 0.25) is 0 Å². The normalized spacial score (nSPS) is 23.2. The number of pyridine rings is 1. The van der Waals surface area contributed by atoms with Gasteiger partial charge in [0, 0.05) is 24.3 Å². The summed E-state index contributed by atoms with van der Waals surface area (Å²) in [6.07, 6.45) is 11.0. The van der Waals surface area contributed by atoms with E-state index in [-0.39, 0.29) is 0 Å². The highest BCUT2D eigenvalue weighted by Gasteiger charge is 2.17. The molecule has 20 heavy (non-hydrogen) atoms. The van der Waals surface area contributed by atoms with E-state index in [0.717, 1.165) is 30.6 Å². The minimum absolute atomic E-state index is 0.939. The zero-order valence-electron chi connectivity index (χ0n) is 12.4. The summed E-state index contributed by atoms with van der Waals surface area (Å²) in [5, 5.41) is 4.83. The Labute approximate surface area is 121 Å². The smallest absolute Gasteiger partial charge is 0.137 e. The van der Waals surface area contributed by atoms with Gasteiger partial charge in [-0.25, -0.2) is 4.98 Å². The molecule has 1 aliphatic rings. The minimum Gasteiger partial charge on any atom is -0.346 e. The van der Waals surface area contributed by atoms with Gasteiger partial charge in [0.1, 0.15) is 5.65 Å². The maximum atomic E-state index is 4.33. The molecule has 2 aromatic heterocycles. The van der Waals surface area contributed by atoms with Crippen molar-refractivity contribution in [2.24, 2.45) is 11.8 Å². The first-order valence-electron chi connectivity index (χ1n) is 7.94. The number of H-pyrrole nitrogens is 1. The van der Waals surface area contributed by atoms with Crippen molar-refractivity contribution < 1.29 is 0 Å². The average Bonchev–Trinajstić information content (AvgIpc) is 2.89. The van der Waals surface area contributed by atoms with Crippen molar-refractivity contribution in [3.8, 4) is 0 Å². The number of aromatic amines is 1. The molecule has 0 unspecified atom stereocenters. The van der Waals surface area contributed by atoms with Gasteiger partial charge in [0.15, 0.2) is 0 Å². The molecule has 3 nitrogen and oxygen atoms in total. The molecule has 0 amide bonds. The molecule has 0 saturated heterocycles. The molecule has 108 valence electrons. The van der Waals surface area contributed by atoms with E-state index in [2.05, 4.69) is 34.5 Å². The van der Waals surface area contributed by atoms with Crippen LogP contribution in [0.2, 0.25) is 0 Å². The molecule has 2 aromatic rings. The SMILES string of the molecule is CC1CCC(CCNCc2c[nH]c3ncccc23)CC1. The first-order chi connectivity index (χ1) is 9.83. The molecule has 0 bridgehead atoms. The van der Waals surface area contributed by atoms with E-state index in [0.29, 0.717) is 0 Å². The maximum absolute atomic E-state index is 4.33. The summed E-state index contributed by atoms with van der Waals surface area (Å²) in [6, 6.07) is 4.14. The van der Waals surface area contributed by atoms with E-state index in [1.807, 2.05) is 12.3 Å². The van der Waals surface area contributed by atoms with Gasteiger partial charge in [-0.3, -0.25) is 0 Å². The van der Waals surface area contributed by atoms with Crippen LogP contribution in [0.15, 0.2) is 24.5 Å². The Kier molecular flexibility index (Phi) is 4.36. The standard InChI is InChI=1S/C17H25N3/c1-13-4-6-14(7-5-13)8-10-18-11-15-12-20-17-16(15)3-2-9-19-17/h2-3,9,12-14,18H,4-8,10-11H2,1H3,(H,19,20). The number of hydrogen-bond acceptors (Lipinski definition) is 2.